The molecule has 7 heteroatoms. The Kier molecular flexibility index (Phi) is 5.37. The van der Waals surface area contributed by atoms with Gasteiger partial charge >= 0.3 is 5.88 Å². The Hall–Kier alpha value is -0.910. The predicted molar refractivity (Wildman–Crippen MR) is 38.1 cm³/mol. The van der Waals surface area contributed by atoms with Gasteiger partial charge in [-0.1, -0.05) is 11.6 Å². The van der Waals surface area contributed by atoms with Gasteiger partial charge in [-0.25, -0.2) is 17.6 Å². The van der Waals surface area contributed by atoms with E-state index in [1.54, 1.807) is 0 Å². The van der Waals surface area contributed by atoms with E-state index < -0.39 is 29.2 Å². The van der Waals surface area contributed by atoms with Gasteiger partial charge in [-0.15, -0.1) is 0 Å². The molecule has 0 atom stereocenters. The lowest BCUT2D eigenvalue weighted by atomic mass is 10.3. The minimum absolute atomic E-state index is 0.157. The van der Waals surface area contributed by atoms with Crippen molar-refractivity contribution in [1.29, 1.82) is 0 Å². The Morgan fingerprint density at radius 3 is 1.07 bits per heavy atom. The quantitative estimate of drug-likeness (QED) is 0.366. The highest BCUT2D eigenvalue weighted by Crippen LogP contribution is 2.11. The minimum Gasteiger partial charge on any atom is -0.204 e. The maximum absolute atomic E-state index is 12.0. The maximum atomic E-state index is 12.0. The van der Waals surface area contributed by atoms with Gasteiger partial charge in [0, 0.05) is 12.1 Å². The van der Waals surface area contributed by atoms with E-state index in [2.05, 4.69) is 11.6 Å². The molecule has 0 aromatic heterocycles. The van der Waals surface area contributed by atoms with E-state index in [1.165, 1.54) is 0 Å². The largest absolute Gasteiger partial charge is 0.312 e. The molecule has 0 unspecified atom stereocenters. The Morgan fingerprint density at radius 2 is 0.929 bits per heavy atom. The summed E-state index contributed by atoms with van der Waals surface area (Å²) in [6.07, 6.45) is 0. The van der Waals surface area contributed by atoms with Crippen molar-refractivity contribution in [2.24, 2.45) is 0 Å². The van der Waals surface area contributed by atoms with Gasteiger partial charge < -0.3 is 0 Å². The Balaban J connectivity index is 0.000000364. The molecule has 1 rings (SSSR count). The molecule has 1 aromatic carbocycles. The normalized spacial score (nSPS) is 9.71. The first-order valence-electron chi connectivity index (χ1n) is 3.07. The summed E-state index contributed by atoms with van der Waals surface area (Å²) >= 11 is 3.94. The van der Waals surface area contributed by atoms with Crippen molar-refractivity contribution >= 4 is 11.6 Å². The summed E-state index contributed by atoms with van der Waals surface area (Å²) in [6.45, 7) is 0. The molecule has 0 fully saturated rings. The van der Waals surface area contributed by atoms with E-state index in [4.69, 9.17) is 0 Å². The van der Waals surface area contributed by atoms with Crippen LogP contribution in [0.4, 0.5) is 26.3 Å². The van der Waals surface area contributed by atoms with Crippen molar-refractivity contribution < 1.29 is 26.3 Å². The molecule has 0 spiro atoms. The number of alkyl halides is 3. The fourth-order valence-electron chi connectivity index (χ4n) is 0.498. The van der Waals surface area contributed by atoms with Crippen molar-refractivity contribution in [3.05, 3.63) is 35.4 Å². The standard InChI is InChI=1S/C6H2F4.CHClF2/c7-3-1-4(8)6(10)2-5(3)9;2-1(3)4/h1-2H;1H. The van der Waals surface area contributed by atoms with Gasteiger partial charge in [-0.3, -0.25) is 0 Å². The highest BCUT2D eigenvalue weighted by molar-refractivity contribution is 6.18. The molecular weight excluding hydrogens is 234 g/mol. The first-order valence-corrected chi connectivity index (χ1v) is 3.50. The summed E-state index contributed by atoms with van der Waals surface area (Å²) in [5.41, 5.74) is 0. The fraction of sp³-hybridized carbons (Fsp3) is 0.143. The van der Waals surface area contributed by atoms with Crippen molar-refractivity contribution in [3.8, 4) is 0 Å². The molecular formula is C7H3ClF6. The molecule has 0 heterocycles. The number of hydrogen-bond donors (Lipinski definition) is 0. The first kappa shape index (κ1) is 13.1. The molecule has 0 aliphatic heterocycles. The number of halogens is 7. The topological polar surface area (TPSA) is 0 Å². The zero-order valence-corrected chi connectivity index (χ0v) is 7.13. The lowest BCUT2D eigenvalue weighted by Gasteiger charge is -1.92. The van der Waals surface area contributed by atoms with Crippen LogP contribution in [0.5, 0.6) is 0 Å². The van der Waals surface area contributed by atoms with Crippen LogP contribution in [0, 0.1) is 23.3 Å². The summed E-state index contributed by atoms with van der Waals surface area (Å²) in [7, 11) is 0. The first-order chi connectivity index (χ1) is 6.34. The number of rotatable bonds is 0. The minimum atomic E-state index is -2.69. The van der Waals surface area contributed by atoms with E-state index in [9.17, 15) is 26.3 Å². The summed E-state index contributed by atoms with van der Waals surface area (Å²) in [6, 6.07) is 0.315. The van der Waals surface area contributed by atoms with Crippen LogP contribution in [0.15, 0.2) is 12.1 Å². The van der Waals surface area contributed by atoms with Gasteiger partial charge in [0.15, 0.2) is 23.3 Å². The molecule has 0 aliphatic carbocycles. The zero-order valence-electron chi connectivity index (χ0n) is 6.38. The van der Waals surface area contributed by atoms with Gasteiger partial charge in [0.1, 0.15) is 0 Å². The second-order valence-corrected chi connectivity index (χ2v) is 2.26. The molecule has 0 aliphatic rings. The second-order valence-electron chi connectivity index (χ2n) is 1.93. The third-order valence-corrected chi connectivity index (χ3v) is 0.963. The highest BCUT2D eigenvalue weighted by Gasteiger charge is 2.07. The third kappa shape index (κ3) is 4.96. The Morgan fingerprint density at radius 1 is 0.786 bits per heavy atom. The molecule has 14 heavy (non-hydrogen) atoms. The molecule has 0 radical (unpaired) electrons. The average molecular weight is 237 g/mol. The van der Waals surface area contributed by atoms with Crippen LogP contribution in [-0.4, -0.2) is 5.88 Å². The Bertz CT molecular complexity index is 247. The van der Waals surface area contributed by atoms with Gasteiger partial charge in [0.2, 0.25) is 0 Å². The van der Waals surface area contributed by atoms with Crippen LogP contribution in [0.3, 0.4) is 0 Å². The van der Waals surface area contributed by atoms with Gasteiger partial charge in [-0.2, -0.15) is 8.78 Å². The lowest BCUT2D eigenvalue weighted by molar-refractivity contribution is 0.243. The third-order valence-electron chi connectivity index (χ3n) is 0.963. The maximum Gasteiger partial charge on any atom is 0.312 e. The Labute approximate surface area is 80.1 Å². The molecule has 0 bridgehead atoms. The molecule has 1 aromatic rings. The molecule has 0 nitrogen and oxygen atoms in total. The number of benzene rings is 1. The van der Waals surface area contributed by atoms with Gasteiger partial charge in [0.05, 0.1) is 0 Å². The zero-order chi connectivity index (χ0) is 11.3. The summed E-state index contributed by atoms with van der Waals surface area (Å²) in [5.74, 6) is -8.25. The van der Waals surface area contributed by atoms with Crippen LogP contribution in [0.2, 0.25) is 0 Å². The second kappa shape index (κ2) is 5.74. The molecule has 0 saturated heterocycles. The van der Waals surface area contributed by atoms with Crippen molar-refractivity contribution in [3.63, 3.8) is 0 Å². The number of hydrogen-bond acceptors (Lipinski definition) is 0. The molecule has 0 amide bonds. The van der Waals surface area contributed by atoms with Crippen molar-refractivity contribution in [2.45, 2.75) is 5.88 Å². The van der Waals surface area contributed by atoms with E-state index in [-0.39, 0.29) is 12.1 Å². The average Bonchev–Trinajstić information content (AvgIpc) is 2.00. The highest BCUT2D eigenvalue weighted by atomic mass is 35.5. The summed E-state index contributed by atoms with van der Waals surface area (Å²) in [4.78, 5) is 0. The predicted octanol–water partition coefficient (Wildman–Crippen LogP) is 3.69. The monoisotopic (exact) mass is 236 g/mol. The smallest absolute Gasteiger partial charge is 0.204 e. The van der Waals surface area contributed by atoms with Crippen LogP contribution in [0.1, 0.15) is 0 Å². The van der Waals surface area contributed by atoms with Crippen molar-refractivity contribution in [1.82, 2.24) is 0 Å². The SMILES string of the molecule is FC(F)Cl.Fc1cc(F)c(F)cc1F. The molecule has 80 valence electrons. The fourth-order valence-corrected chi connectivity index (χ4v) is 0.498. The van der Waals surface area contributed by atoms with E-state index >= 15 is 0 Å². The lowest BCUT2D eigenvalue weighted by Crippen LogP contribution is -1.90. The van der Waals surface area contributed by atoms with Gasteiger partial charge in [0.25, 0.3) is 0 Å². The van der Waals surface area contributed by atoms with E-state index in [0.29, 0.717) is 0 Å². The molecule has 0 N–H and O–H groups in total. The van der Waals surface area contributed by atoms with Crippen molar-refractivity contribution in [2.75, 3.05) is 0 Å². The van der Waals surface area contributed by atoms with Crippen LogP contribution >= 0.6 is 11.6 Å². The van der Waals surface area contributed by atoms with Gasteiger partial charge in [-0.05, 0) is 0 Å². The van der Waals surface area contributed by atoms with Crippen LogP contribution < -0.4 is 0 Å². The molecule has 0 saturated carbocycles. The van der Waals surface area contributed by atoms with E-state index in [0.717, 1.165) is 0 Å². The summed E-state index contributed by atoms with van der Waals surface area (Å²) < 4.78 is 68.1. The van der Waals surface area contributed by atoms with E-state index in [1.807, 2.05) is 0 Å². The van der Waals surface area contributed by atoms with Crippen LogP contribution in [-0.2, 0) is 0 Å². The summed E-state index contributed by atoms with van der Waals surface area (Å²) in [5, 5.41) is 0. The van der Waals surface area contributed by atoms with Crippen LogP contribution in [0.25, 0.3) is 0 Å².